The molecule has 0 atom stereocenters. The van der Waals surface area contributed by atoms with Crippen molar-refractivity contribution in [3.8, 4) is 0 Å². The minimum Gasteiger partial charge on any atom is -0.338 e. The summed E-state index contributed by atoms with van der Waals surface area (Å²) in [6.07, 6.45) is 1.93. The fraction of sp³-hybridized carbons (Fsp3) is 0.429. The second-order valence-corrected chi connectivity index (χ2v) is 4.69. The van der Waals surface area contributed by atoms with Crippen molar-refractivity contribution in [3.05, 3.63) is 47.1 Å². The van der Waals surface area contributed by atoms with Crippen LogP contribution in [0.25, 0.3) is 0 Å². The number of aromatic nitrogens is 2. The van der Waals surface area contributed by atoms with Gasteiger partial charge in [-0.25, -0.2) is 0 Å². The van der Waals surface area contributed by atoms with E-state index >= 15 is 0 Å². The van der Waals surface area contributed by atoms with Gasteiger partial charge in [-0.3, -0.25) is 4.90 Å². The van der Waals surface area contributed by atoms with Crippen molar-refractivity contribution in [2.45, 2.75) is 32.9 Å². The van der Waals surface area contributed by atoms with E-state index in [1.54, 1.807) is 0 Å². The number of benzene rings is 1. The summed E-state index contributed by atoms with van der Waals surface area (Å²) < 4.78 is 5.24. The maximum Gasteiger partial charge on any atom is 0.240 e. The van der Waals surface area contributed by atoms with Gasteiger partial charge in [0.2, 0.25) is 5.89 Å². The lowest BCUT2D eigenvalue weighted by Gasteiger charge is -2.27. The Morgan fingerprint density at radius 3 is 2.89 bits per heavy atom. The van der Waals surface area contributed by atoms with Crippen molar-refractivity contribution in [1.82, 2.24) is 15.0 Å². The quantitative estimate of drug-likeness (QED) is 0.828. The van der Waals surface area contributed by atoms with E-state index in [1.165, 1.54) is 11.1 Å². The smallest absolute Gasteiger partial charge is 0.240 e. The second-order valence-electron chi connectivity index (χ2n) is 4.69. The summed E-state index contributed by atoms with van der Waals surface area (Å²) in [6.45, 7) is 4.81. The first-order valence-corrected chi connectivity index (χ1v) is 6.45. The Bertz CT molecular complexity index is 535. The van der Waals surface area contributed by atoms with Crippen LogP contribution in [0.1, 0.15) is 29.8 Å². The van der Waals surface area contributed by atoms with Gasteiger partial charge in [-0.15, -0.1) is 0 Å². The fourth-order valence-corrected chi connectivity index (χ4v) is 2.38. The van der Waals surface area contributed by atoms with Crippen molar-refractivity contribution < 1.29 is 4.52 Å². The highest BCUT2D eigenvalue weighted by Crippen LogP contribution is 2.19. The molecule has 0 amide bonds. The molecule has 0 spiro atoms. The molecule has 18 heavy (non-hydrogen) atoms. The molecule has 3 rings (SSSR count). The van der Waals surface area contributed by atoms with Gasteiger partial charge >= 0.3 is 0 Å². The van der Waals surface area contributed by atoms with E-state index < -0.39 is 0 Å². The average molecular weight is 243 g/mol. The molecule has 1 aliphatic heterocycles. The van der Waals surface area contributed by atoms with Crippen LogP contribution in [0.15, 0.2) is 28.8 Å². The van der Waals surface area contributed by atoms with Crippen molar-refractivity contribution >= 4 is 0 Å². The summed E-state index contributed by atoms with van der Waals surface area (Å²) in [5.74, 6) is 1.52. The lowest BCUT2D eigenvalue weighted by molar-refractivity contribution is 0.210. The molecule has 1 aromatic heterocycles. The zero-order chi connectivity index (χ0) is 12.4. The maximum absolute atomic E-state index is 5.24. The molecule has 0 saturated heterocycles. The van der Waals surface area contributed by atoms with Gasteiger partial charge in [0.25, 0.3) is 0 Å². The Morgan fingerprint density at radius 2 is 2.11 bits per heavy atom. The Balaban J connectivity index is 1.69. The molecule has 0 N–H and O–H groups in total. The fourth-order valence-electron chi connectivity index (χ4n) is 2.38. The van der Waals surface area contributed by atoms with E-state index in [1.807, 2.05) is 6.92 Å². The Morgan fingerprint density at radius 1 is 1.28 bits per heavy atom. The Labute approximate surface area is 107 Å². The predicted octanol–water partition coefficient (Wildman–Crippen LogP) is 2.19. The summed E-state index contributed by atoms with van der Waals surface area (Å²) >= 11 is 0. The molecule has 0 saturated carbocycles. The third kappa shape index (κ3) is 2.29. The summed E-state index contributed by atoms with van der Waals surface area (Å²) in [5.41, 5.74) is 2.88. The Kier molecular flexibility index (Phi) is 3.11. The number of nitrogens with zero attached hydrogens (tertiary/aromatic N) is 3. The molecule has 0 aliphatic carbocycles. The average Bonchev–Trinajstić information content (AvgIpc) is 2.86. The molecular formula is C14H17N3O. The highest BCUT2D eigenvalue weighted by Gasteiger charge is 2.17. The molecule has 2 aromatic rings. The van der Waals surface area contributed by atoms with Gasteiger partial charge in [-0.05, 0) is 17.5 Å². The first-order valence-electron chi connectivity index (χ1n) is 6.45. The van der Waals surface area contributed by atoms with E-state index in [0.29, 0.717) is 0 Å². The van der Waals surface area contributed by atoms with Crippen LogP contribution in [-0.4, -0.2) is 21.6 Å². The van der Waals surface area contributed by atoms with Crippen molar-refractivity contribution in [2.24, 2.45) is 0 Å². The SMILES string of the molecule is CCc1noc(CN2CCc3ccccc3C2)n1. The van der Waals surface area contributed by atoms with Crippen molar-refractivity contribution in [2.75, 3.05) is 6.54 Å². The van der Waals surface area contributed by atoms with Crippen LogP contribution in [0.3, 0.4) is 0 Å². The van der Waals surface area contributed by atoms with Gasteiger partial charge < -0.3 is 4.52 Å². The van der Waals surface area contributed by atoms with Crippen LogP contribution in [0.4, 0.5) is 0 Å². The molecule has 0 bridgehead atoms. The molecule has 0 radical (unpaired) electrons. The van der Waals surface area contributed by atoms with Crippen molar-refractivity contribution in [3.63, 3.8) is 0 Å². The van der Waals surface area contributed by atoms with E-state index in [9.17, 15) is 0 Å². The Hall–Kier alpha value is -1.68. The van der Waals surface area contributed by atoms with E-state index in [0.717, 1.165) is 44.2 Å². The lowest BCUT2D eigenvalue weighted by Crippen LogP contribution is -2.30. The van der Waals surface area contributed by atoms with Crippen LogP contribution in [0.2, 0.25) is 0 Å². The number of aryl methyl sites for hydroxylation is 1. The number of hydrogen-bond acceptors (Lipinski definition) is 4. The number of fused-ring (bicyclic) bond motifs is 1. The monoisotopic (exact) mass is 243 g/mol. The van der Waals surface area contributed by atoms with Crippen LogP contribution in [0.5, 0.6) is 0 Å². The minimum atomic E-state index is 0.728. The molecule has 4 heteroatoms. The van der Waals surface area contributed by atoms with Crippen LogP contribution >= 0.6 is 0 Å². The van der Waals surface area contributed by atoms with Gasteiger partial charge in [0.15, 0.2) is 5.82 Å². The van der Waals surface area contributed by atoms with Gasteiger partial charge in [-0.1, -0.05) is 36.3 Å². The molecule has 1 aliphatic rings. The number of hydrogen-bond donors (Lipinski definition) is 0. The highest BCUT2D eigenvalue weighted by atomic mass is 16.5. The largest absolute Gasteiger partial charge is 0.338 e. The number of rotatable bonds is 3. The second kappa shape index (κ2) is 4.90. The van der Waals surface area contributed by atoms with E-state index in [2.05, 4.69) is 39.3 Å². The molecule has 94 valence electrons. The predicted molar refractivity (Wildman–Crippen MR) is 67.9 cm³/mol. The highest BCUT2D eigenvalue weighted by molar-refractivity contribution is 5.29. The molecule has 0 fully saturated rings. The topological polar surface area (TPSA) is 42.2 Å². The van der Waals surface area contributed by atoms with Gasteiger partial charge in [0.05, 0.1) is 6.54 Å². The summed E-state index contributed by atoms with van der Waals surface area (Å²) in [4.78, 5) is 6.72. The van der Waals surface area contributed by atoms with Gasteiger partial charge in [-0.2, -0.15) is 4.98 Å². The molecule has 2 heterocycles. The third-order valence-corrected chi connectivity index (χ3v) is 3.39. The van der Waals surface area contributed by atoms with Gasteiger partial charge in [0.1, 0.15) is 0 Å². The van der Waals surface area contributed by atoms with Crippen molar-refractivity contribution in [1.29, 1.82) is 0 Å². The van der Waals surface area contributed by atoms with Crippen LogP contribution in [0, 0.1) is 0 Å². The molecule has 4 nitrogen and oxygen atoms in total. The van der Waals surface area contributed by atoms with E-state index in [-0.39, 0.29) is 0 Å². The first kappa shape index (κ1) is 11.4. The minimum absolute atomic E-state index is 0.728. The summed E-state index contributed by atoms with van der Waals surface area (Å²) in [5, 5.41) is 3.93. The maximum atomic E-state index is 5.24. The van der Waals surface area contributed by atoms with E-state index in [4.69, 9.17) is 4.52 Å². The molecule has 1 aromatic carbocycles. The zero-order valence-electron chi connectivity index (χ0n) is 10.6. The third-order valence-electron chi connectivity index (χ3n) is 3.39. The normalized spacial score (nSPS) is 15.6. The van der Waals surface area contributed by atoms with Crippen LogP contribution < -0.4 is 0 Å². The summed E-state index contributed by atoms with van der Waals surface area (Å²) in [7, 11) is 0. The standard InChI is InChI=1S/C14H17N3O/c1-2-13-15-14(18-16-13)10-17-8-7-11-5-3-4-6-12(11)9-17/h3-6H,2,7-10H2,1H3. The summed E-state index contributed by atoms with van der Waals surface area (Å²) in [6, 6.07) is 8.63. The zero-order valence-corrected chi connectivity index (χ0v) is 10.6. The lowest BCUT2D eigenvalue weighted by atomic mass is 10.00. The van der Waals surface area contributed by atoms with Crippen LogP contribution in [-0.2, 0) is 25.9 Å². The molecule has 0 unspecified atom stereocenters. The van der Waals surface area contributed by atoms with Gasteiger partial charge in [0, 0.05) is 19.5 Å². The molecular weight excluding hydrogens is 226 g/mol. The first-order chi connectivity index (χ1) is 8.85.